The lowest BCUT2D eigenvalue weighted by Gasteiger charge is -2.33. The Morgan fingerprint density at radius 2 is 2.00 bits per heavy atom. The van der Waals surface area contributed by atoms with Crippen molar-refractivity contribution in [2.75, 3.05) is 19.6 Å². The first-order valence-corrected chi connectivity index (χ1v) is 8.01. The fourth-order valence-electron chi connectivity index (χ4n) is 2.45. The summed E-state index contributed by atoms with van der Waals surface area (Å²) in [6.45, 7) is 7.15. The van der Waals surface area contributed by atoms with Crippen molar-refractivity contribution in [3.63, 3.8) is 0 Å². The van der Waals surface area contributed by atoms with Crippen LogP contribution in [-0.2, 0) is 4.74 Å². The number of aromatic nitrogens is 1. The van der Waals surface area contributed by atoms with Crippen LogP contribution >= 0.6 is 0 Å². The molecule has 1 N–H and O–H groups in total. The minimum absolute atomic E-state index is 0.0137. The van der Waals surface area contributed by atoms with Gasteiger partial charge in [-0.25, -0.2) is 4.79 Å². The second-order valence-electron chi connectivity index (χ2n) is 6.76. The molecule has 126 valence electrons. The summed E-state index contributed by atoms with van der Waals surface area (Å²) in [6.07, 6.45) is 2.98. The number of Topliss-reactive ketones (excluding diaryl/α,β-unsaturated/α-hetero) is 1. The Hall–Kier alpha value is -1.95. The number of nitrogens with one attached hydrogen (secondary N) is 1. The van der Waals surface area contributed by atoms with Crippen molar-refractivity contribution < 1.29 is 14.3 Å². The Morgan fingerprint density at radius 1 is 1.30 bits per heavy atom. The fourth-order valence-corrected chi connectivity index (χ4v) is 2.45. The number of hydrogen-bond acceptors (Lipinski definition) is 5. The van der Waals surface area contributed by atoms with Crippen molar-refractivity contribution in [3.8, 4) is 0 Å². The van der Waals surface area contributed by atoms with Gasteiger partial charge in [-0.2, -0.15) is 0 Å². The van der Waals surface area contributed by atoms with Crippen LogP contribution in [-0.4, -0.2) is 53.0 Å². The molecule has 0 aromatic carbocycles. The number of ketones is 1. The van der Waals surface area contributed by atoms with Gasteiger partial charge in [-0.05, 0) is 45.7 Å². The Morgan fingerprint density at radius 3 is 2.57 bits per heavy atom. The van der Waals surface area contributed by atoms with E-state index in [0.29, 0.717) is 18.8 Å². The highest BCUT2D eigenvalue weighted by Gasteiger charge is 2.26. The SMILES string of the molecule is CC(C)(C)OC(=O)N1CCC(NCC(=O)c2ccccn2)CC1. The Kier molecular flexibility index (Phi) is 5.71. The van der Waals surface area contributed by atoms with E-state index in [4.69, 9.17) is 4.74 Å². The smallest absolute Gasteiger partial charge is 0.410 e. The molecule has 0 saturated carbocycles. The molecule has 6 nitrogen and oxygen atoms in total. The average molecular weight is 319 g/mol. The predicted molar refractivity (Wildman–Crippen MR) is 87.4 cm³/mol. The van der Waals surface area contributed by atoms with Gasteiger partial charge in [0.25, 0.3) is 0 Å². The van der Waals surface area contributed by atoms with Crippen LogP contribution in [0.15, 0.2) is 24.4 Å². The number of piperidine rings is 1. The van der Waals surface area contributed by atoms with Crippen LogP contribution in [0.3, 0.4) is 0 Å². The monoisotopic (exact) mass is 319 g/mol. The van der Waals surface area contributed by atoms with E-state index in [1.54, 1.807) is 29.3 Å². The van der Waals surface area contributed by atoms with Gasteiger partial charge in [0.15, 0.2) is 5.78 Å². The number of ether oxygens (including phenoxy) is 1. The minimum atomic E-state index is -0.471. The van der Waals surface area contributed by atoms with Crippen molar-refractivity contribution in [1.29, 1.82) is 0 Å². The van der Waals surface area contributed by atoms with E-state index < -0.39 is 5.60 Å². The van der Waals surface area contributed by atoms with Gasteiger partial charge in [0.1, 0.15) is 11.3 Å². The zero-order valence-electron chi connectivity index (χ0n) is 14.0. The van der Waals surface area contributed by atoms with Crippen molar-refractivity contribution in [3.05, 3.63) is 30.1 Å². The number of hydrogen-bond donors (Lipinski definition) is 1. The second kappa shape index (κ2) is 7.55. The van der Waals surface area contributed by atoms with Gasteiger partial charge < -0.3 is 15.0 Å². The maximum absolute atomic E-state index is 12.0. The first-order valence-electron chi connectivity index (χ1n) is 8.01. The Bertz CT molecular complexity index is 532. The lowest BCUT2D eigenvalue weighted by atomic mass is 10.1. The summed E-state index contributed by atoms with van der Waals surface area (Å²) in [6, 6.07) is 5.55. The summed E-state index contributed by atoms with van der Waals surface area (Å²) in [5.41, 5.74) is 0.00701. The van der Waals surface area contributed by atoms with Crippen LogP contribution in [0.1, 0.15) is 44.1 Å². The number of pyridine rings is 1. The Labute approximate surface area is 137 Å². The normalized spacial score (nSPS) is 16.2. The zero-order chi connectivity index (χ0) is 16.9. The van der Waals surface area contributed by atoms with Crippen LogP contribution in [0.25, 0.3) is 0 Å². The topological polar surface area (TPSA) is 71.5 Å². The predicted octanol–water partition coefficient (Wildman–Crippen LogP) is 2.25. The number of carbonyl (C=O) groups is 2. The largest absolute Gasteiger partial charge is 0.444 e. The molecule has 0 unspecified atom stereocenters. The van der Waals surface area contributed by atoms with Crippen LogP contribution in [0.4, 0.5) is 4.79 Å². The third-order valence-electron chi connectivity index (χ3n) is 3.65. The average Bonchev–Trinajstić information content (AvgIpc) is 2.52. The van der Waals surface area contributed by atoms with Gasteiger partial charge in [-0.1, -0.05) is 6.07 Å². The molecule has 0 aliphatic carbocycles. The van der Waals surface area contributed by atoms with E-state index >= 15 is 0 Å². The van der Waals surface area contributed by atoms with Gasteiger partial charge >= 0.3 is 6.09 Å². The molecule has 0 radical (unpaired) electrons. The van der Waals surface area contributed by atoms with Crippen LogP contribution in [0, 0.1) is 0 Å². The molecule has 0 atom stereocenters. The summed E-state index contributed by atoms with van der Waals surface area (Å²) in [5.74, 6) is -0.0137. The van der Waals surface area contributed by atoms with Crippen molar-refractivity contribution >= 4 is 11.9 Å². The first-order chi connectivity index (χ1) is 10.8. The van der Waals surface area contributed by atoms with E-state index in [2.05, 4.69) is 10.3 Å². The molecular formula is C17H25N3O3. The lowest BCUT2D eigenvalue weighted by molar-refractivity contribution is 0.0198. The summed E-state index contributed by atoms with van der Waals surface area (Å²) in [4.78, 5) is 29.8. The maximum atomic E-state index is 12.0. The molecule has 2 rings (SSSR count). The standard InChI is InChI=1S/C17H25N3O3/c1-17(2,3)23-16(22)20-10-7-13(8-11-20)19-12-15(21)14-6-4-5-9-18-14/h4-6,9,13,19H,7-8,10-12H2,1-3H3. The highest BCUT2D eigenvalue weighted by Crippen LogP contribution is 2.15. The number of amides is 1. The van der Waals surface area contributed by atoms with Gasteiger partial charge in [-0.15, -0.1) is 0 Å². The van der Waals surface area contributed by atoms with Crippen LogP contribution in [0.2, 0.25) is 0 Å². The third kappa shape index (κ3) is 5.63. The van der Waals surface area contributed by atoms with Gasteiger partial charge in [0.05, 0.1) is 6.54 Å². The Balaban J connectivity index is 1.73. The highest BCUT2D eigenvalue weighted by atomic mass is 16.6. The summed E-state index contributed by atoms with van der Waals surface area (Å²) in [5, 5.41) is 3.26. The third-order valence-corrected chi connectivity index (χ3v) is 3.65. The molecular weight excluding hydrogens is 294 g/mol. The van der Waals surface area contributed by atoms with Crippen molar-refractivity contribution in [1.82, 2.24) is 15.2 Å². The lowest BCUT2D eigenvalue weighted by Crippen LogP contribution is -2.47. The molecule has 0 spiro atoms. The van der Waals surface area contributed by atoms with E-state index in [1.807, 2.05) is 20.8 Å². The van der Waals surface area contributed by atoms with Crippen molar-refractivity contribution in [2.24, 2.45) is 0 Å². The van der Waals surface area contributed by atoms with Gasteiger partial charge in [0, 0.05) is 25.3 Å². The quantitative estimate of drug-likeness (QED) is 0.862. The molecule has 1 fully saturated rings. The maximum Gasteiger partial charge on any atom is 0.410 e. The summed E-state index contributed by atoms with van der Waals surface area (Å²) in [7, 11) is 0. The number of carbonyl (C=O) groups excluding carboxylic acids is 2. The van der Waals surface area contributed by atoms with E-state index in [0.717, 1.165) is 12.8 Å². The molecule has 1 aliphatic rings. The summed E-state index contributed by atoms with van der Waals surface area (Å²) >= 11 is 0. The molecule has 0 bridgehead atoms. The number of likely N-dealkylation sites (tertiary alicyclic amines) is 1. The fraction of sp³-hybridized carbons (Fsp3) is 0.588. The van der Waals surface area contributed by atoms with Crippen LogP contribution in [0.5, 0.6) is 0 Å². The molecule has 1 aliphatic heterocycles. The van der Waals surface area contributed by atoms with Gasteiger partial charge in [0.2, 0.25) is 0 Å². The highest BCUT2D eigenvalue weighted by molar-refractivity contribution is 5.95. The number of nitrogens with zero attached hydrogens (tertiary/aromatic N) is 2. The van der Waals surface area contributed by atoms with E-state index in [1.165, 1.54) is 0 Å². The van der Waals surface area contributed by atoms with Gasteiger partial charge in [-0.3, -0.25) is 9.78 Å². The zero-order valence-corrected chi connectivity index (χ0v) is 14.0. The first kappa shape index (κ1) is 17.4. The van der Waals surface area contributed by atoms with E-state index in [9.17, 15) is 9.59 Å². The van der Waals surface area contributed by atoms with Crippen molar-refractivity contribution in [2.45, 2.75) is 45.3 Å². The number of rotatable bonds is 4. The molecule has 23 heavy (non-hydrogen) atoms. The molecule has 1 aromatic rings. The molecule has 2 heterocycles. The summed E-state index contributed by atoms with van der Waals surface area (Å²) < 4.78 is 5.37. The molecule has 1 amide bonds. The van der Waals surface area contributed by atoms with Crippen LogP contribution < -0.4 is 5.32 Å². The minimum Gasteiger partial charge on any atom is -0.444 e. The molecule has 1 aromatic heterocycles. The second-order valence-corrected chi connectivity index (χ2v) is 6.76. The molecule has 1 saturated heterocycles. The molecule has 6 heteroatoms. The van der Waals surface area contributed by atoms with E-state index in [-0.39, 0.29) is 24.5 Å².